The number of thioether (sulfide) groups is 1. The van der Waals surface area contributed by atoms with Crippen molar-refractivity contribution in [3.8, 4) is 0 Å². The quantitative estimate of drug-likeness (QED) is 0.658. The zero-order valence-electron chi connectivity index (χ0n) is 8.85. The molecule has 0 unspecified atom stereocenters. The van der Waals surface area contributed by atoms with Gasteiger partial charge in [0.25, 0.3) is 0 Å². The lowest BCUT2D eigenvalue weighted by molar-refractivity contribution is 0.622. The Morgan fingerprint density at radius 3 is 3.00 bits per heavy atom. The molecule has 3 nitrogen and oxygen atoms in total. The highest BCUT2D eigenvalue weighted by Gasteiger charge is 2.06. The van der Waals surface area contributed by atoms with Gasteiger partial charge < -0.3 is 5.73 Å². The molecule has 0 saturated carbocycles. The Kier molecular flexibility index (Phi) is 3.14. The number of aromatic nitrogens is 2. The van der Waals surface area contributed by atoms with Crippen LogP contribution in [0.2, 0.25) is 0 Å². The van der Waals surface area contributed by atoms with E-state index < -0.39 is 0 Å². The normalized spacial score (nSPS) is 10.6. The largest absolute Gasteiger partial charge is 0.396 e. The smallest absolute Gasteiger partial charge is 0.150 e. The van der Waals surface area contributed by atoms with E-state index in [4.69, 9.17) is 5.73 Å². The summed E-state index contributed by atoms with van der Waals surface area (Å²) in [6.07, 6.45) is 3.66. The highest BCUT2D eigenvalue weighted by atomic mass is 32.2. The number of aryl methyl sites for hydroxylation is 1. The summed E-state index contributed by atoms with van der Waals surface area (Å²) in [6.45, 7) is 0. The predicted molar refractivity (Wildman–Crippen MR) is 63.6 cm³/mol. The van der Waals surface area contributed by atoms with Gasteiger partial charge in [-0.15, -0.1) is 11.8 Å². The topological polar surface area (TPSA) is 43.8 Å². The molecular formula is C11H12FN3S. The Bertz CT molecular complexity index is 496. The molecule has 2 N–H and O–H groups in total. The molecule has 0 bridgehead atoms. The van der Waals surface area contributed by atoms with E-state index in [0.29, 0.717) is 11.3 Å². The van der Waals surface area contributed by atoms with Crippen LogP contribution in [0.5, 0.6) is 0 Å². The number of rotatable bonds is 3. The Labute approximate surface area is 97.5 Å². The fourth-order valence-electron chi connectivity index (χ4n) is 1.35. The molecule has 84 valence electrons. The Hall–Kier alpha value is -1.49. The fraction of sp³-hybridized carbons (Fsp3) is 0.182. The molecule has 16 heavy (non-hydrogen) atoms. The van der Waals surface area contributed by atoms with Crippen molar-refractivity contribution < 1.29 is 4.39 Å². The minimum absolute atomic E-state index is 0.198. The van der Waals surface area contributed by atoms with E-state index in [9.17, 15) is 4.39 Å². The lowest BCUT2D eigenvalue weighted by Crippen LogP contribution is -1.94. The van der Waals surface area contributed by atoms with E-state index in [0.717, 1.165) is 4.90 Å². The molecule has 0 radical (unpaired) electrons. The first kappa shape index (κ1) is 11.0. The van der Waals surface area contributed by atoms with E-state index in [2.05, 4.69) is 5.10 Å². The second-order valence-electron chi connectivity index (χ2n) is 3.46. The Balaban J connectivity index is 2.07. The van der Waals surface area contributed by atoms with Gasteiger partial charge in [-0.3, -0.25) is 4.68 Å². The van der Waals surface area contributed by atoms with Gasteiger partial charge in [0, 0.05) is 29.5 Å². The molecular weight excluding hydrogens is 225 g/mol. The first-order valence-electron chi connectivity index (χ1n) is 4.81. The molecule has 0 amide bonds. The average molecular weight is 237 g/mol. The van der Waals surface area contributed by atoms with Gasteiger partial charge in [0.15, 0.2) is 0 Å². The Morgan fingerprint density at radius 2 is 2.31 bits per heavy atom. The van der Waals surface area contributed by atoms with Crippen LogP contribution in [0.1, 0.15) is 5.56 Å². The summed E-state index contributed by atoms with van der Waals surface area (Å²) < 4.78 is 15.3. The molecule has 1 aromatic carbocycles. The van der Waals surface area contributed by atoms with Gasteiger partial charge in [-0.25, -0.2) is 4.39 Å². The monoisotopic (exact) mass is 237 g/mol. The van der Waals surface area contributed by atoms with Gasteiger partial charge in [0.05, 0.1) is 11.9 Å². The van der Waals surface area contributed by atoms with Crippen molar-refractivity contribution in [3.05, 3.63) is 42.0 Å². The van der Waals surface area contributed by atoms with E-state index in [-0.39, 0.29) is 11.5 Å². The van der Waals surface area contributed by atoms with Crippen LogP contribution in [0.4, 0.5) is 10.1 Å². The third-order valence-electron chi connectivity index (χ3n) is 2.18. The summed E-state index contributed by atoms with van der Waals surface area (Å²) >= 11 is 1.54. The average Bonchev–Trinajstić information content (AvgIpc) is 2.67. The van der Waals surface area contributed by atoms with Crippen molar-refractivity contribution in [2.24, 2.45) is 7.05 Å². The number of hydrogen-bond acceptors (Lipinski definition) is 3. The molecule has 0 aliphatic carbocycles. The lowest BCUT2D eigenvalue weighted by atomic mass is 10.2. The lowest BCUT2D eigenvalue weighted by Gasteiger charge is -2.03. The van der Waals surface area contributed by atoms with Gasteiger partial charge in [-0.05, 0) is 6.07 Å². The molecule has 0 spiro atoms. The second kappa shape index (κ2) is 4.57. The molecule has 0 fully saturated rings. The third kappa shape index (κ3) is 2.36. The van der Waals surface area contributed by atoms with E-state index >= 15 is 0 Å². The SMILES string of the molecule is Cn1cc(SCc2cccc(N)c2F)cn1. The van der Waals surface area contributed by atoms with Gasteiger partial charge in [0.2, 0.25) is 0 Å². The molecule has 0 saturated heterocycles. The summed E-state index contributed by atoms with van der Waals surface area (Å²) in [5, 5.41) is 4.05. The van der Waals surface area contributed by atoms with Crippen LogP contribution in [0.15, 0.2) is 35.5 Å². The van der Waals surface area contributed by atoms with E-state index in [1.807, 2.05) is 13.2 Å². The maximum Gasteiger partial charge on any atom is 0.150 e. The molecule has 2 rings (SSSR count). The number of halogens is 1. The third-order valence-corrected chi connectivity index (χ3v) is 3.18. The first-order chi connectivity index (χ1) is 7.66. The number of nitrogen functional groups attached to an aromatic ring is 1. The van der Waals surface area contributed by atoms with Crippen LogP contribution in [0.3, 0.4) is 0 Å². The minimum atomic E-state index is -0.320. The number of benzene rings is 1. The van der Waals surface area contributed by atoms with Crippen molar-refractivity contribution in [1.29, 1.82) is 0 Å². The molecule has 0 atom stereocenters. The van der Waals surface area contributed by atoms with Gasteiger partial charge in [-0.1, -0.05) is 12.1 Å². The summed E-state index contributed by atoms with van der Waals surface area (Å²) in [6, 6.07) is 5.07. The van der Waals surface area contributed by atoms with Crippen LogP contribution in [-0.4, -0.2) is 9.78 Å². The molecule has 0 aliphatic heterocycles. The molecule has 1 heterocycles. The van der Waals surface area contributed by atoms with Crippen molar-refractivity contribution in [2.75, 3.05) is 5.73 Å². The van der Waals surface area contributed by atoms with Gasteiger partial charge in [0.1, 0.15) is 5.82 Å². The van der Waals surface area contributed by atoms with Crippen LogP contribution >= 0.6 is 11.8 Å². The molecule has 0 aliphatic rings. The van der Waals surface area contributed by atoms with E-state index in [1.54, 1.807) is 29.1 Å². The van der Waals surface area contributed by atoms with Crippen molar-refractivity contribution in [3.63, 3.8) is 0 Å². The number of hydrogen-bond donors (Lipinski definition) is 1. The zero-order valence-corrected chi connectivity index (χ0v) is 9.67. The fourth-order valence-corrected chi connectivity index (χ4v) is 2.24. The van der Waals surface area contributed by atoms with E-state index in [1.165, 1.54) is 11.8 Å². The first-order valence-corrected chi connectivity index (χ1v) is 5.79. The molecule has 1 aromatic heterocycles. The van der Waals surface area contributed by atoms with Gasteiger partial charge >= 0.3 is 0 Å². The number of nitrogens with two attached hydrogens (primary N) is 1. The van der Waals surface area contributed by atoms with Crippen LogP contribution in [0.25, 0.3) is 0 Å². The maximum absolute atomic E-state index is 13.6. The van der Waals surface area contributed by atoms with Crippen LogP contribution < -0.4 is 5.73 Å². The van der Waals surface area contributed by atoms with Crippen LogP contribution in [-0.2, 0) is 12.8 Å². The summed E-state index contributed by atoms with van der Waals surface area (Å²) in [4.78, 5) is 1.02. The zero-order chi connectivity index (χ0) is 11.5. The molecule has 2 aromatic rings. The van der Waals surface area contributed by atoms with Gasteiger partial charge in [-0.2, -0.15) is 5.10 Å². The maximum atomic E-state index is 13.6. The summed E-state index contributed by atoms with van der Waals surface area (Å²) in [5.41, 5.74) is 6.31. The van der Waals surface area contributed by atoms with Crippen molar-refractivity contribution in [1.82, 2.24) is 9.78 Å². The Morgan fingerprint density at radius 1 is 1.50 bits per heavy atom. The minimum Gasteiger partial charge on any atom is -0.396 e. The van der Waals surface area contributed by atoms with Crippen molar-refractivity contribution in [2.45, 2.75) is 10.6 Å². The van der Waals surface area contributed by atoms with Crippen molar-refractivity contribution >= 4 is 17.4 Å². The highest BCUT2D eigenvalue weighted by Crippen LogP contribution is 2.25. The summed E-state index contributed by atoms with van der Waals surface area (Å²) in [5.74, 6) is 0.238. The second-order valence-corrected chi connectivity index (χ2v) is 4.51. The number of anilines is 1. The number of nitrogens with zero attached hydrogens (tertiary/aromatic N) is 2. The molecule has 5 heteroatoms. The standard InChI is InChI=1S/C11H12FN3S/c1-15-6-9(5-14-15)16-7-8-3-2-4-10(13)11(8)12/h2-6H,7,13H2,1H3. The summed E-state index contributed by atoms with van der Waals surface area (Å²) in [7, 11) is 1.85. The highest BCUT2D eigenvalue weighted by molar-refractivity contribution is 7.98. The predicted octanol–water partition coefficient (Wildman–Crippen LogP) is 2.43. The van der Waals surface area contributed by atoms with Crippen LogP contribution in [0, 0.1) is 5.82 Å².